The molecule has 0 saturated heterocycles. The minimum Gasteiger partial charge on any atom is -0.373 e. The van der Waals surface area contributed by atoms with Crippen molar-refractivity contribution in [1.82, 2.24) is 0 Å². The molecule has 0 aliphatic heterocycles. The highest BCUT2D eigenvalue weighted by atomic mass is 31.2. The normalized spacial score (nSPS) is 14.7. The Hall–Kier alpha value is -1.00. The van der Waals surface area contributed by atoms with Crippen LogP contribution < -0.4 is 0 Å². The van der Waals surface area contributed by atoms with Crippen molar-refractivity contribution in [3.63, 3.8) is 0 Å². The fourth-order valence-corrected chi connectivity index (χ4v) is 4.18. The van der Waals surface area contributed by atoms with Crippen LogP contribution in [-0.2, 0) is 23.7 Å². The van der Waals surface area contributed by atoms with Crippen LogP contribution in [0.1, 0.15) is 38.3 Å². The third-order valence-corrected chi connectivity index (χ3v) is 5.58. The molecule has 1 aromatic rings. The van der Waals surface area contributed by atoms with Crippen molar-refractivity contribution in [1.29, 1.82) is 0 Å². The van der Waals surface area contributed by atoms with Gasteiger partial charge in [0.2, 0.25) is 0 Å². The van der Waals surface area contributed by atoms with Gasteiger partial charge in [-0.2, -0.15) is 0 Å². The highest BCUT2D eigenvalue weighted by Crippen LogP contribution is 2.65. The first-order valence-corrected chi connectivity index (χ1v) is 8.51. The van der Waals surface area contributed by atoms with Crippen LogP contribution in [0.2, 0.25) is 0 Å². The van der Waals surface area contributed by atoms with Crippen molar-refractivity contribution in [2.75, 3.05) is 13.2 Å². The third-order valence-electron chi connectivity index (χ3n) is 3.06. The highest BCUT2D eigenvalue weighted by molar-refractivity contribution is 7.55. The molecule has 118 valence electrons. The van der Waals surface area contributed by atoms with Gasteiger partial charge in [-0.15, -0.1) is 0 Å². The number of hydrogen-bond acceptors (Lipinski definition) is 5. The fourth-order valence-electron chi connectivity index (χ4n) is 2.12. The summed E-state index contributed by atoms with van der Waals surface area (Å²) in [7, 11) is -3.90. The second-order valence-corrected chi connectivity index (χ2v) is 7.15. The Morgan fingerprint density at radius 1 is 1.19 bits per heavy atom. The highest BCUT2D eigenvalue weighted by Gasteiger charge is 2.51. The quantitative estimate of drug-likeness (QED) is 0.745. The summed E-state index contributed by atoms with van der Waals surface area (Å²) >= 11 is 0. The lowest BCUT2D eigenvalue weighted by molar-refractivity contribution is -0.120. The van der Waals surface area contributed by atoms with Gasteiger partial charge < -0.3 is 14.2 Å². The molecule has 0 heterocycles. The van der Waals surface area contributed by atoms with Gasteiger partial charge in [0.25, 0.3) is 0 Å². The van der Waals surface area contributed by atoms with Crippen molar-refractivity contribution >= 4 is 13.4 Å². The molecule has 0 bridgehead atoms. The number of hydrogen-bond donors (Lipinski definition) is 1. The maximum absolute atomic E-state index is 13.0. The molecule has 0 aromatic heterocycles. The van der Waals surface area contributed by atoms with Gasteiger partial charge in [-0.3, -0.25) is 9.36 Å². The number of rotatable bonds is 8. The Morgan fingerprint density at radius 2 is 1.67 bits per heavy atom. The first kappa shape index (κ1) is 18.1. The maximum Gasteiger partial charge on any atom is 0.366 e. The predicted octanol–water partition coefficient (Wildman–Crippen LogP) is 3.39. The topological polar surface area (TPSA) is 72.8 Å². The molecule has 0 aliphatic carbocycles. The maximum atomic E-state index is 13.0. The van der Waals surface area contributed by atoms with Crippen molar-refractivity contribution in [3.8, 4) is 0 Å². The lowest BCUT2D eigenvalue weighted by Crippen LogP contribution is -2.30. The van der Waals surface area contributed by atoms with Crippen LogP contribution in [-0.4, -0.2) is 24.1 Å². The van der Waals surface area contributed by atoms with E-state index in [-0.39, 0.29) is 25.4 Å². The van der Waals surface area contributed by atoms with Crippen LogP contribution in [0, 0.1) is 6.92 Å². The SMILES string of the molecule is CCOP(=O)(OCC)C(O)(CC(C)=O)c1ccc(C)cc1. The molecule has 5 nitrogen and oxygen atoms in total. The van der Waals surface area contributed by atoms with Gasteiger partial charge in [-0.05, 0) is 33.3 Å². The van der Waals surface area contributed by atoms with Gasteiger partial charge in [0.05, 0.1) is 19.6 Å². The third kappa shape index (κ3) is 4.01. The predicted molar refractivity (Wildman–Crippen MR) is 81.2 cm³/mol. The monoisotopic (exact) mass is 314 g/mol. The Labute approximate surface area is 125 Å². The molecule has 0 amide bonds. The summed E-state index contributed by atoms with van der Waals surface area (Å²) in [5.74, 6) is -0.294. The lowest BCUT2D eigenvalue weighted by atomic mass is 10.0. The molecule has 1 rings (SSSR count). The number of benzene rings is 1. The Kier molecular flexibility index (Phi) is 6.29. The molecule has 0 radical (unpaired) electrons. The summed E-state index contributed by atoms with van der Waals surface area (Å²) in [5.41, 5.74) is 1.35. The first-order valence-electron chi connectivity index (χ1n) is 6.97. The van der Waals surface area contributed by atoms with E-state index in [4.69, 9.17) is 9.05 Å². The molecule has 1 N–H and O–H groups in total. The standard InChI is InChI=1S/C15H23O5P/c1-5-19-21(18,20-6-2)15(17,11-13(4)16)14-9-7-12(3)8-10-14/h7-10,17H,5-6,11H2,1-4H3. The molecular formula is C15H23O5P. The zero-order valence-corrected chi connectivity index (χ0v) is 13.9. The second-order valence-electron chi connectivity index (χ2n) is 4.89. The summed E-state index contributed by atoms with van der Waals surface area (Å²) in [6.07, 6.45) is -0.326. The summed E-state index contributed by atoms with van der Waals surface area (Å²) in [6, 6.07) is 6.84. The summed E-state index contributed by atoms with van der Waals surface area (Å²) in [4.78, 5) is 11.6. The zero-order valence-electron chi connectivity index (χ0n) is 13.0. The lowest BCUT2D eigenvalue weighted by Gasteiger charge is -2.34. The average Bonchev–Trinajstić information content (AvgIpc) is 2.39. The van der Waals surface area contributed by atoms with Crippen LogP contribution in [0.3, 0.4) is 0 Å². The van der Waals surface area contributed by atoms with E-state index >= 15 is 0 Å². The van der Waals surface area contributed by atoms with Crippen LogP contribution in [0.4, 0.5) is 0 Å². The molecule has 6 heteroatoms. The number of Topliss-reactive ketones (excluding diaryl/α,β-unsaturated/α-hetero) is 1. The molecule has 0 saturated carbocycles. The van der Waals surface area contributed by atoms with Crippen molar-refractivity contribution in [2.45, 2.75) is 39.5 Å². The summed E-state index contributed by atoms with van der Waals surface area (Å²) in [6.45, 7) is 6.79. The number of carbonyl (C=O) groups is 1. The number of ketones is 1. The van der Waals surface area contributed by atoms with Gasteiger partial charge in [-0.25, -0.2) is 0 Å². The van der Waals surface area contributed by atoms with E-state index < -0.39 is 12.9 Å². The van der Waals surface area contributed by atoms with E-state index in [1.807, 2.05) is 6.92 Å². The minimum absolute atomic E-state index is 0.114. The molecule has 21 heavy (non-hydrogen) atoms. The Bertz CT molecular complexity index is 515. The Morgan fingerprint density at radius 3 is 2.05 bits per heavy atom. The average molecular weight is 314 g/mol. The van der Waals surface area contributed by atoms with Crippen LogP contribution in [0.15, 0.2) is 24.3 Å². The van der Waals surface area contributed by atoms with Crippen molar-refractivity contribution in [2.24, 2.45) is 0 Å². The Balaban J connectivity index is 3.39. The molecular weight excluding hydrogens is 291 g/mol. The molecule has 0 spiro atoms. The van der Waals surface area contributed by atoms with Gasteiger partial charge in [0, 0.05) is 0 Å². The number of aliphatic hydroxyl groups is 1. The van der Waals surface area contributed by atoms with Gasteiger partial charge in [0.15, 0.2) is 5.34 Å². The van der Waals surface area contributed by atoms with Crippen molar-refractivity contribution < 1.29 is 23.5 Å². The molecule has 1 aromatic carbocycles. The van der Waals surface area contributed by atoms with Crippen molar-refractivity contribution in [3.05, 3.63) is 35.4 Å². The fraction of sp³-hybridized carbons (Fsp3) is 0.533. The van der Waals surface area contributed by atoms with E-state index in [1.54, 1.807) is 38.1 Å². The summed E-state index contributed by atoms with van der Waals surface area (Å²) < 4.78 is 23.5. The first-order chi connectivity index (χ1) is 9.79. The van der Waals surface area contributed by atoms with Gasteiger partial charge in [0.1, 0.15) is 5.78 Å². The molecule has 1 atom stereocenters. The summed E-state index contributed by atoms with van der Waals surface area (Å²) in [5, 5.41) is 9.02. The minimum atomic E-state index is -3.90. The second kappa shape index (κ2) is 7.32. The molecule has 1 unspecified atom stereocenters. The van der Waals surface area contributed by atoms with Crippen LogP contribution >= 0.6 is 7.60 Å². The van der Waals surface area contributed by atoms with E-state index in [2.05, 4.69) is 0 Å². The van der Waals surface area contributed by atoms with Gasteiger partial charge >= 0.3 is 7.60 Å². The van der Waals surface area contributed by atoms with E-state index in [0.29, 0.717) is 5.56 Å². The van der Waals surface area contributed by atoms with E-state index in [1.165, 1.54) is 6.92 Å². The van der Waals surface area contributed by atoms with E-state index in [0.717, 1.165) is 5.56 Å². The van der Waals surface area contributed by atoms with Gasteiger partial charge in [-0.1, -0.05) is 29.8 Å². The largest absolute Gasteiger partial charge is 0.373 e. The molecule has 0 aliphatic rings. The van der Waals surface area contributed by atoms with Crippen LogP contribution in [0.25, 0.3) is 0 Å². The smallest absolute Gasteiger partial charge is 0.366 e. The number of aryl methyl sites for hydroxylation is 1. The number of carbonyl (C=O) groups excluding carboxylic acids is 1. The molecule has 0 fully saturated rings. The van der Waals surface area contributed by atoms with E-state index in [9.17, 15) is 14.5 Å². The van der Waals surface area contributed by atoms with Crippen LogP contribution in [0.5, 0.6) is 0 Å². The zero-order chi connectivity index (χ0) is 16.1.